The molecule has 7 heteroatoms. The Labute approximate surface area is 151 Å². The molecule has 7 nitrogen and oxygen atoms in total. The molecular weight excluding hydrogens is 334 g/mol. The zero-order valence-electron chi connectivity index (χ0n) is 14.8. The van der Waals surface area contributed by atoms with Crippen molar-refractivity contribution in [3.8, 4) is 5.75 Å². The minimum absolute atomic E-state index is 0.158. The Balaban J connectivity index is 1.84. The summed E-state index contributed by atoms with van der Waals surface area (Å²) in [6, 6.07) is 7.34. The van der Waals surface area contributed by atoms with Crippen molar-refractivity contribution in [1.82, 2.24) is 14.9 Å². The van der Waals surface area contributed by atoms with Gasteiger partial charge in [-0.25, -0.2) is 9.97 Å². The van der Waals surface area contributed by atoms with E-state index in [1.54, 1.807) is 12.0 Å². The van der Waals surface area contributed by atoms with Crippen LogP contribution in [0.15, 0.2) is 36.7 Å². The van der Waals surface area contributed by atoms with Gasteiger partial charge in [-0.3, -0.25) is 9.59 Å². The molecule has 136 valence electrons. The highest BCUT2D eigenvalue weighted by atomic mass is 16.5. The second-order valence-electron chi connectivity index (χ2n) is 6.28. The van der Waals surface area contributed by atoms with Gasteiger partial charge in [0.25, 0.3) is 5.91 Å². The lowest BCUT2D eigenvalue weighted by Crippen LogP contribution is -2.30. The monoisotopic (exact) mass is 355 g/mol. The van der Waals surface area contributed by atoms with Crippen LogP contribution < -0.4 is 4.74 Å². The number of aliphatic carboxylic acids is 1. The highest BCUT2D eigenvalue weighted by Gasteiger charge is 2.40. The van der Waals surface area contributed by atoms with Gasteiger partial charge in [-0.1, -0.05) is 19.1 Å². The Morgan fingerprint density at radius 2 is 2.00 bits per heavy atom. The number of aryl methyl sites for hydroxylation is 1. The number of aromatic nitrogens is 2. The average Bonchev–Trinajstić information content (AvgIpc) is 3.13. The molecule has 1 N–H and O–H groups in total. The molecule has 1 aliphatic rings. The van der Waals surface area contributed by atoms with E-state index in [9.17, 15) is 14.7 Å². The third-order valence-electron chi connectivity index (χ3n) is 4.71. The zero-order valence-corrected chi connectivity index (χ0v) is 14.8. The molecule has 1 aliphatic heterocycles. The number of rotatable bonds is 5. The largest absolute Gasteiger partial charge is 0.497 e. The van der Waals surface area contributed by atoms with Crippen molar-refractivity contribution in [3.05, 3.63) is 53.6 Å². The van der Waals surface area contributed by atoms with Gasteiger partial charge in [0, 0.05) is 37.8 Å². The number of methoxy groups -OCH3 is 1. The first-order chi connectivity index (χ1) is 12.5. The van der Waals surface area contributed by atoms with Crippen molar-refractivity contribution in [3.63, 3.8) is 0 Å². The molecule has 1 aromatic carbocycles. The Kier molecular flexibility index (Phi) is 5.16. The van der Waals surface area contributed by atoms with Crippen LogP contribution in [0.1, 0.15) is 34.6 Å². The molecule has 0 radical (unpaired) electrons. The van der Waals surface area contributed by atoms with Crippen LogP contribution in [0.2, 0.25) is 0 Å². The number of carboxylic acids is 1. The third-order valence-corrected chi connectivity index (χ3v) is 4.71. The van der Waals surface area contributed by atoms with Crippen LogP contribution in [-0.4, -0.2) is 52.1 Å². The summed E-state index contributed by atoms with van der Waals surface area (Å²) >= 11 is 0. The fraction of sp³-hybridized carbons (Fsp3) is 0.368. The van der Waals surface area contributed by atoms with Crippen LogP contribution in [-0.2, 0) is 11.2 Å². The summed E-state index contributed by atoms with van der Waals surface area (Å²) in [7, 11) is 1.57. The van der Waals surface area contributed by atoms with Gasteiger partial charge in [-0.2, -0.15) is 0 Å². The van der Waals surface area contributed by atoms with E-state index in [0.29, 0.717) is 30.1 Å². The maximum Gasteiger partial charge on any atom is 0.308 e. The van der Waals surface area contributed by atoms with E-state index in [0.717, 1.165) is 5.56 Å². The second kappa shape index (κ2) is 7.51. The molecular formula is C19H21N3O4. The summed E-state index contributed by atoms with van der Waals surface area (Å²) < 4.78 is 5.23. The summed E-state index contributed by atoms with van der Waals surface area (Å²) in [4.78, 5) is 34.3. The Morgan fingerprint density at radius 1 is 1.27 bits per heavy atom. The van der Waals surface area contributed by atoms with Crippen LogP contribution in [0, 0.1) is 5.92 Å². The van der Waals surface area contributed by atoms with E-state index in [1.165, 1.54) is 12.4 Å². The number of carbonyl (C=O) groups excluding carboxylic acids is 1. The molecule has 0 unspecified atom stereocenters. The SMILES string of the molecule is CCc1ncc(C(=O)N2C[C@H](C(=O)O)[C@@H](c3cccc(OC)c3)C2)cn1. The number of carboxylic acid groups (broad SMARTS) is 1. The first-order valence-electron chi connectivity index (χ1n) is 8.50. The second-order valence-corrected chi connectivity index (χ2v) is 6.28. The zero-order chi connectivity index (χ0) is 18.7. The quantitative estimate of drug-likeness (QED) is 0.882. The van der Waals surface area contributed by atoms with Crippen LogP contribution in [0.25, 0.3) is 0 Å². The maximum absolute atomic E-state index is 12.7. The average molecular weight is 355 g/mol. The van der Waals surface area contributed by atoms with Crippen LogP contribution in [0.4, 0.5) is 0 Å². The molecule has 1 saturated heterocycles. The number of hydrogen-bond donors (Lipinski definition) is 1. The number of likely N-dealkylation sites (tertiary alicyclic amines) is 1. The number of amides is 1. The summed E-state index contributed by atoms with van der Waals surface area (Å²) in [6.45, 7) is 2.43. The molecule has 26 heavy (non-hydrogen) atoms. The van der Waals surface area contributed by atoms with E-state index in [1.807, 2.05) is 31.2 Å². The van der Waals surface area contributed by atoms with Gasteiger partial charge in [0.1, 0.15) is 11.6 Å². The van der Waals surface area contributed by atoms with Gasteiger partial charge >= 0.3 is 5.97 Å². The maximum atomic E-state index is 12.7. The third kappa shape index (κ3) is 3.51. The minimum atomic E-state index is -0.911. The number of carbonyl (C=O) groups is 2. The van der Waals surface area contributed by atoms with Crippen LogP contribution in [0.5, 0.6) is 5.75 Å². The smallest absolute Gasteiger partial charge is 0.308 e. The van der Waals surface area contributed by atoms with Crippen molar-refractivity contribution < 1.29 is 19.4 Å². The van der Waals surface area contributed by atoms with E-state index in [2.05, 4.69) is 9.97 Å². The van der Waals surface area contributed by atoms with Gasteiger partial charge in [-0.05, 0) is 17.7 Å². The van der Waals surface area contributed by atoms with Crippen molar-refractivity contribution >= 4 is 11.9 Å². The molecule has 0 bridgehead atoms. The van der Waals surface area contributed by atoms with Crippen LogP contribution >= 0.6 is 0 Å². The lowest BCUT2D eigenvalue weighted by Gasteiger charge is -2.17. The fourth-order valence-corrected chi connectivity index (χ4v) is 3.26. The van der Waals surface area contributed by atoms with Crippen LogP contribution in [0.3, 0.4) is 0 Å². The number of ether oxygens (including phenoxy) is 1. The van der Waals surface area contributed by atoms with E-state index < -0.39 is 11.9 Å². The van der Waals surface area contributed by atoms with Gasteiger partial charge in [-0.15, -0.1) is 0 Å². The lowest BCUT2D eigenvalue weighted by molar-refractivity contribution is -0.141. The first kappa shape index (κ1) is 17.8. The highest BCUT2D eigenvalue weighted by Crippen LogP contribution is 2.35. The predicted molar refractivity (Wildman–Crippen MR) is 94.2 cm³/mol. The van der Waals surface area contributed by atoms with Gasteiger partial charge in [0.15, 0.2) is 0 Å². The summed E-state index contributed by atoms with van der Waals surface area (Å²) in [6.07, 6.45) is 3.70. The Morgan fingerprint density at radius 3 is 2.62 bits per heavy atom. The normalized spacial score (nSPS) is 19.4. The molecule has 1 fully saturated rings. The number of nitrogens with zero attached hydrogens (tertiary/aromatic N) is 3. The van der Waals surface area contributed by atoms with Crippen molar-refractivity contribution in [1.29, 1.82) is 0 Å². The van der Waals surface area contributed by atoms with E-state index in [4.69, 9.17) is 4.74 Å². The Hall–Kier alpha value is -2.96. The molecule has 3 rings (SSSR count). The standard InChI is InChI=1S/C19H21N3O4/c1-3-17-20-8-13(9-21-17)18(23)22-10-15(16(11-22)19(24)25)12-5-4-6-14(7-12)26-2/h4-9,15-16H,3,10-11H2,1-2H3,(H,24,25)/t15-,16+/m1/s1. The van der Waals surface area contributed by atoms with E-state index >= 15 is 0 Å². The molecule has 0 spiro atoms. The summed E-state index contributed by atoms with van der Waals surface area (Å²) in [5.41, 5.74) is 1.22. The molecule has 0 saturated carbocycles. The molecule has 2 atom stereocenters. The van der Waals surface area contributed by atoms with E-state index in [-0.39, 0.29) is 18.4 Å². The topological polar surface area (TPSA) is 92.6 Å². The van der Waals surface area contributed by atoms with Crippen molar-refractivity contribution in [2.24, 2.45) is 5.92 Å². The lowest BCUT2D eigenvalue weighted by atomic mass is 9.89. The molecule has 0 aliphatic carbocycles. The summed E-state index contributed by atoms with van der Waals surface area (Å²) in [5.74, 6) is -0.778. The molecule has 1 amide bonds. The van der Waals surface area contributed by atoms with Gasteiger partial charge in [0.05, 0.1) is 18.6 Å². The minimum Gasteiger partial charge on any atom is -0.497 e. The fourth-order valence-electron chi connectivity index (χ4n) is 3.26. The molecule has 2 heterocycles. The molecule has 1 aromatic heterocycles. The molecule has 2 aromatic rings. The van der Waals surface area contributed by atoms with Crippen molar-refractivity contribution in [2.75, 3.05) is 20.2 Å². The highest BCUT2D eigenvalue weighted by molar-refractivity contribution is 5.94. The Bertz CT molecular complexity index is 807. The summed E-state index contributed by atoms with van der Waals surface area (Å²) in [5, 5.41) is 9.62. The predicted octanol–water partition coefficient (Wildman–Crippen LogP) is 1.99. The number of benzene rings is 1. The first-order valence-corrected chi connectivity index (χ1v) is 8.50. The van der Waals surface area contributed by atoms with Gasteiger partial charge < -0.3 is 14.7 Å². The van der Waals surface area contributed by atoms with Crippen molar-refractivity contribution in [2.45, 2.75) is 19.3 Å². The number of hydrogen-bond acceptors (Lipinski definition) is 5. The van der Waals surface area contributed by atoms with Gasteiger partial charge in [0.2, 0.25) is 0 Å².